The number of fused-ring (bicyclic) bond motifs is 1. The molecule has 0 bridgehead atoms. The second kappa shape index (κ2) is 8.09. The minimum absolute atomic E-state index is 0.414. The van der Waals surface area contributed by atoms with Crippen LogP contribution in [0.1, 0.15) is 30.4 Å². The van der Waals surface area contributed by atoms with E-state index in [4.69, 9.17) is 19.3 Å². The highest BCUT2D eigenvalue weighted by Gasteiger charge is 2.46. The van der Waals surface area contributed by atoms with Crippen molar-refractivity contribution in [3.63, 3.8) is 0 Å². The summed E-state index contributed by atoms with van der Waals surface area (Å²) in [6.07, 6.45) is 3.69. The van der Waals surface area contributed by atoms with Crippen LogP contribution >= 0.6 is 0 Å². The number of likely N-dealkylation sites (N-methyl/N-ethyl adjacent to an activating group) is 1. The third-order valence-corrected chi connectivity index (χ3v) is 7.27. The van der Waals surface area contributed by atoms with Gasteiger partial charge in [-0.05, 0) is 56.0 Å². The van der Waals surface area contributed by atoms with Gasteiger partial charge in [0.2, 0.25) is 5.69 Å². The first kappa shape index (κ1) is 21.3. The molecule has 1 saturated heterocycles. The number of hydrogen-bond acceptors (Lipinski definition) is 4. The summed E-state index contributed by atoms with van der Waals surface area (Å²) < 4.78 is 20.4. The quantitative estimate of drug-likeness (QED) is 0.501. The molecular weight excluding hydrogens is 402 g/mol. The minimum Gasteiger partial charge on any atom is -0.496 e. The lowest BCUT2D eigenvalue weighted by Crippen LogP contribution is -2.55. The predicted octanol–water partition coefficient (Wildman–Crippen LogP) is 4.77. The van der Waals surface area contributed by atoms with Crippen LogP contribution in [-0.2, 0) is 4.74 Å². The Morgan fingerprint density at radius 3 is 2.59 bits per heavy atom. The summed E-state index contributed by atoms with van der Waals surface area (Å²) in [4.78, 5) is 0. The van der Waals surface area contributed by atoms with E-state index >= 15 is 0 Å². The second-order valence-electron chi connectivity index (χ2n) is 9.64. The van der Waals surface area contributed by atoms with Gasteiger partial charge in [0.05, 0.1) is 46.7 Å². The average molecular weight is 437 g/mol. The Bertz CT molecular complexity index is 1140. The van der Waals surface area contributed by atoms with Crippen molar-refractivity contribution in [2.75, 3.05) is 41.0 Å². The number of hydrogen-bond donors (Lipinski definition) is 0. The molecule has 2 unspecified atom stereocenters. The summed E-state index contributed by atoms with van der Waals surface area (Å²) in [6.45, 7) is 6.95. The number of benzene rings is 1. The van der Waals surface area contributed by atoms with E-state index in [2.05, 4.69) is 51.2 Å². The first-order valence-electron chi connectivity index (χ1n) is 11.6. The Kier molecular flexibility index (Phi) is 5.38. The first-order chi connectivity index (χ1) is 15.5. The van der Waals surface area contributed by atoms with Crippen LogP contribution in [0.2, 0.25) is 0 Å². The van der Waals surface area contributed by atoms with E-state index in [0.29, 0.717) is 11.9 Å². The van der Waals surface area contributed by atoms with E-state index < -0.39 is 0 Å². The molecule has 6 nitrogen and oxygen atoms in total. The molecular formula is C26H34N3O3+. The number of quaternary nitrogens is 1. The van der Waals surface area contributed by atoms with Crippen molar-refractivity contribution in [2.45, 2.75) is 39.2 Å². The molecule has 2 fully saturated rings. The molecule has 0 amide bonds. The van der Waals surface area contributed by atoms with Gasteiger partial charge >= 0.3 is 0 Å². The molecule has 2 aromatic heterocycles. The molecule has 3 heterocycles. The molecule has 1 saturated carbocycles. The fourth-order valence-corrected chi connectivity index (χ4v) is 5.49. The van der Waals surface area contributed by atoms with Crippen LogP contribution in [0.15, 0.2) is 30.3 Å². The number of aryl methyl sites for hydroxylation is 2. The highest BCUT2D eigenvalue weighted by atomic mass is 16.5. The van der Waals surface area contributed by atoms with Crippen LogP contribution in [0.25, 0.3) is 16.8 Å². The standard InChI is InChI=1S/C26H34N3O3/c1-17-13-18(2)24(23(14-17)30-4)21-7-6-8-22-25(26(31-5)27-28(21)22)29(3,15-19-9-10-19)20-11-12-32-16-20/h6-8,13-14,19-20H,9-12,15-16H2,1-5H3/q+1. The van der Waals surface area contributed by atoms with Crippen LogP contribution in [0.5, 0.6) is 11.6 Å². The molecule has 1 aliphatic carbocycles. The molecule has 0 N–H and O–H groups in total. The Balaban J connectivity index is 1.74. The van der Waals surface area contributed by atoms with Gasteiger partial charge in [-0.3, -0.25) is 4.48 Å². The van der Waals surface area contributed by atoms with Crippen molar-refractivity contribution < 1.29 is 14.2 Å². The van der Waals surface area contributed by atoms with Crippen molar-refractivity contribution >= 4 is 11.2 Å². The van der Waals surface area contributed by atoms with Crippen molar-refractivity contribution in [1.82, 2.24) is 14.1 Å². The Labute approximate surface area is 190 Å². The molecule has 3 aromatic rings. The predicted molar refractivity (Wildman–Crippen MR) is 128 cm³/mol. The smallest absolute Gasteiger partial charge is 0.296 e. The molecule has 6 heteroatoms. The van der Waals surface area contributed by atoms with E-state index in [-0.39, 0.29) is 0 Å². The minimum atomic E-state index is 0.414. The third-order valence-electron chi connectivity index (χ3n) is 7.27. The van der Waals surface area contributed by atoms with Gasteiger partial charge in [-0.25, -0.2) is 4.52 Å². The first-order valence-corrected chi connectivity index (χ1v) is 11.6. The molecule has 32 heavy (non-hydrogen) atoms. The van der Waals surface area contributed by atoms with Gasteiger partial charge in [-0.2, -0.15) is 0 Å². The molecule has 5 rings (SSSR count). The lowest BCUT2D eigenvalue weighted by molar-refractivity contribution is 0.157. The zero-order valence-electron chi connectivity index (χ0n) is 19.9. The Morgan fingerprint density at radius 2 is 1.94 bits per heavy atom. The fourth-order valence-electron chi connectivity index (χ4n) is 5.49. The summed E-state index contributed by atoms with van der Waals surface area (Å²) in [5.41, 5.74) is 6.70. The summed E-state index contributed by atoms with van der Waals surface area (Å²) in [5.74, 6) is 2.34. The maximum absolute atomic E-state index is 5.92. The average Bonchev–Trinajstić information content (AvgIpc) is 3.27. The fraction of sp³-hybridized carbons (Fsp3) is 0.500. The molecule has 0 spiro atoms. The summed E-state index contributed by atoms with van der Waals surface area (Å²) in [7, 11) is 5.81. The Morgan fingerprint density at radius 1 is 1.12 bits per heavy atom. The molecule has 0 radical (unpaired) electrons. The highest BCUT2D eigenvalue weighted by Crippen LogP contribution is 2.45. The van der Waals surface area contributed by atoms with Crippen molar-refractivity contribution in [2.24, 2.45) is 5.92 Å². The van der Waals surface area contributed by atoms with Gasteiger partial charge in [0.25, 0.3) is 5.88 Å². The topological polar surface area (TPSA) is 45.0 Å². The maximum Gasteiger partial charge on any atom is 0.296 e. The molecule has 1 aliphatic heterocycles. The summed E-state index contributed by atoms with van der Waals surface area (Å²) in [5, 5.41) is 4.99. The van der Waals surface area contributed by atoms with Gasteiger partial charge in [0.1, 0.15) is 17.3 Å². The summed E-state index contributed by atoms with van der Waals surface area (Å²) >= 11 is 0. The normalized spacial score (nSPS) is 20.5. The lowest BCUT2D eigenvalue weighted by Gasteiger charge is -2.38. The summed E-state index contributed by atoms with van der Waals surface area (Å²) in [6, 6.07) is 11.1. The van der Waals surface area contributed by atoms with Gasteiger partial charge in [0, 0.05) is 17.9 Å². The monoisotopic (exact) mass is 436 g/mol. The van der Waals surface area contributed by atoms with Crippen LogP contribution in [0, 0.1) is 19.8 Å². The van der Waals surface area contributed by atoms with Gasteiger partial charge < -0.3 is 14.2 Å². The van der Waals surface area contributed by atoms with Crippen LogP contribution in [0.4, 0.5) is 5.69 Å². The number of pyridine rings is 1. The van der Waals surface area contributed by atoms with Crippen LogP contribution in [-0.4, -0.2) is 56.7 Å². The molecule has 170 valence electrons. The van der Waals surface area contributed by atoms with Gasteiger partial charge in [-0.15, -0.1) is 5.10 Å². The number of nitrogens with zero attached hydrogens (tertiary/aromatic N) is 3. The second-order valence-corrected chi connectivity index (χ2v) is 9.64. The number of rotatable bonds is 7. The highest BCUT2D eigenvalue weighted by molar-refractivity contribution is 5.82. The van der Waals surface area contributed by atoms with Crippen LogP contribution in [0.3, 0.4) is 0 Å². The maximum atomic E-state index is 5.92. The molecule has 1 aromatic carbocycles. The number of aromatic nitrogens is 2. The van der Waals surface area contributed by atoms with Crippen molar-refractivity contribution in [3.05, 3.63) is 41.5 Å². The van der Waals surface area contributed by atoms with E-state index in [9.17, 15) is 0 Å². The Hall–Kier alpha value is -2.57. The third kappa shape index (κ3) is 3.46. The molecule has 2 aliphatic rings. The van der Waals surface area contributed by atoms with Crippen molar-refractivity contribution in [3.8, 4) is 22.9 Å². The zero-order valence-corrected chi connectivity index (χ0v) is 19.9. The van der Waals surface area contributed by atoms with E-state index in [0.717, 1.165) is 59.1 Å². The van der Waals surface area contributed by atoms with E-state index in [1.54, 1.807) is 14.2 Å². The van der Waals surface area contributed by atoms with Crippen molar-refractivity contribution in [1.29, 1.82) is 0 Å². The zero-order chi connectivity index (χ0) is 22.5. The number of methoxy groups -OCH3 is 2. The SMILES string of the molecule is COc1cc(C)cc(C)c1-c1cccc2c([N+](C)(CC3CC3)C3CCOC3)c(OC)nn12. The van der Waals surface area contributed by atoms with Crippen LogP contribution < -0.4 is 14.0 Å². The van der Waals surface area contributed by atoms with E-state index in [1.807, 2.05) is 4.52 Å². The van der Waals surface area contributed by atoms with Gasteiger partial charge in [0.15, 0.2) is 0 Å². The lowest BCUT2D eigenvalue weighted by atomic mass is 10.0. The number of ether oxygens (including phenoxy) is 3. The largest absolute Gasteiger partial charge is 0.496 e. The van der Waals surface area contributed by atoms with E-state index in [1.165, 1.54) is 29.7 Å². The molecule has 2 atom stereocenters. The van der Waals surface area contributed by atoms with Gasteiger partial charge in [-0.1, -0.05) is 12.1 Å².